The molecule has 1 fully saturated rings. The zero-order chi connectivity index (χ0) is 14.8. The maximum absolute atomic E-state index is 12.1. The van der Waals surface area contributed by atoms with E-state index in [2.05, 4.69) is 9.93 Å². The highest BCUT2D eigenvalue weighted by atomic mass is 32.2. The number of sulfonamides is 1. The number of hydrogen-bond acceptors (Lipinski definition) is 4. The molecule has 0 saturated carbocycles. The molecule has 0 amide bonds. The van der Waals surface area contributed by atoms with Gasteiger partial charge in [-0.1, -0.05) is 17.7 Å². The Morgan fingerprint density at radius 1 is 1.25 bits per heavy atom. The molecule has 1 aliphatic rings. The molecule has 0 radical (unpaired) electrons. The van der Waals surface area contributed by atoms with Crippen molar-refractivity contribution in [3.8, 4) is 0 Å². The second-order valence-electron chi connectivity index (χ2n) is 5.62. The molecule has 6 heteroatoms. The van der Waals surface area contributed by atoms with Gasteiger partial charge in [-0.2, -0.15) is 13.5 Å². The standard InChI is InChI=1S/C14H20N2O3S/c1-11-4-6-13(7-5-11)20(17,18)16-15-12-8-9-19-14(2,3)10-12/h4-7,16H,8-10H2,1-3H3/b15-12+. The molecule has 1 N–H and O–H groups in total. The molecule has 1 heterocycles. The molecule has 1 aliphatic heterocycles. The quantitative estimate of drug-likeness (QED) is 0.870. The number of hydrazone groups is 1. The third kappa shape index (κ3) is 3.80. The van der Waals surface area contributed by atoms with E-state index in [-0.39, 0.29) is 10.5 Å². The van der Waals surface area contributed by atoms with Gasteiger partial charge in [-0.15, -0.1) is 0 Å². The molecule has 20 heavy (non-hydrogen) atoms. The van der Waals surface area contributed by atoms with Gasteiger partial charge in [-0.3, -0.25) is 0 Å². The summed E-state index contributed by atoms with van der Waals surface area (Å²) in [6, 6.07) is 6.68. The Morgan fingerprint density at radius 2 is 1.90 bits per heavy atom. The summed E-state index contributed by atoms with van der Waals surface area (Å²) in [7, 11) is -3.59. The van der Waals surface area contributed by atoms with Crippen molar-refractivity contribution in [1.29, 1.82) is 0 Å². The fourth-order valence-electron chi connectivity index (χ4n) is 2.07. The van der Waals surface area contributed by atoms with Crippen LogP contribution in [0.25, 0.3) is 0 Å². The lowest BCUT2D eigenvalue weighted by Gasteiger charge is -2.30. The van der Waals surface area contributed by atoms with Crippen molar-refractivity contribution in [3.05, 3.63) is 29.8 Å². The highest BCUT2D eigenvalue weighted by Gasteiger charge is 2.26. The van der Waals surface area contributed by atoms with Crippen molar-refractivity contribution < 1.29 is 13.2 Å². The average Bonchev–Trinajstić information content (AvgIpc) is 2.36. The topological polar surface area (TPSA) is 67.8 Å². The lowest BCUT2D eigenvalue weighted by atomic mass is 9.97. The largest absolute Gasteiger partial charge is 0.375 e. The van der Waals surface area contributed by atoms with Gasteiger partial charge in [-0.05, 0) is 32.9 Å². The van der Waals surface area contributed by atoms with Crippen LogP contribution in [-0.4, -0.2) is 26.3 Å². The summed E-state index contributed by atoms with van der Waals surface area (Å²) in [5.74, 6) is 0. The zero-order valence-electron chi connectivity index (χ0n) is 12.0. The van der Waals surface area contributed by atoms with Crippen molar-refractivity contribution >= 4 is 15.7 Å². The minimum atomic E-state index is -3.59. The molecule has 0 bridgehead atoms. The van der Waals surface area contributed by atoms with Crippen LogP contribution >= 0.6 is 0 Å². The predicted molar refractivity (Wildman–Crippen MR) is 78.2 cm³/mol. The van der Waals surface area contributed by atoms with E-state index in [4.69, 9.17) is 4.74 Å². The molecular formula is C14H20N2O3S. The summed E-state index contributed by atoms with van der Waals surface area (Å²) in [5, 5.41) is 4.05. The number of nitrogens with one attached hydrogen (secondary N) is 1. The van der Waals surface area contributed by atoms with Crippen LogP contribution in [0.15, 0.2) is 34.3 Å². The normalized spacial score (nSPS) is 20.9. The van der Waals surface area contributed by atoms with Gasteiger partial charge in [-0.25, -0.2) is 4.83 Å². The molecule has 1 aromatic carbocycles. The summed E-state index contributed by atoms with van der Waals surface area (Å²) in [6.45, 7) is 6.42. The van der Waals surface area contributed by atoms with E-state index in [0.717, 1.165) is 11.3 Å². The second-order valence-corrected chi connectivity index (χ2v) is 7.28. The average molecular weight is 296 g/mol. The Kier molecular flexibility index (Phi) is 4.15. The minimum absolute atomic E-state index is 0.221. The number of aryl methyl sites for hydroxylation is 1. The van der Waals surface area contributed by atoms with Crippen LogP contribution in [0.1, 0.15) is 32.3 Å². The number of benzene rings is 1. The first kappa shape index (κ1) is 15.0. The molecule has 5 nitrogen and oxygen atoms in total. The number of hydrogen-bond donors (Lipinski definition) is 1. The third-order valence-electron chi connectivity index (χ3n) is 3.17. The molecule has 0 unspecified atom stereocenters. The first-order chi connectivity index (χ1) is 9.28. The summed E-state index contributed by atoms with van der Waals surface area (Å²) in [6.07, 6.45) is 1.28. The Bertz CT molecular complexity index is 604. The fraction of sp³-hybridized carbons (Fsp3) is 0.500. The third-order valence-corrected chi connectivity index (χ3v) is 4.39. The van der Waals surface area contributed by atoms with Crippen LogP contribution in [0.4, 0.5) is 0 Å². The van der Waals surface area contributed by atoms with Gasteiger partial charge in [0, 0.05) is 18.6 Å². The van der Waals surface area contributed by atoms with Crippen LogP contribution < -0.4 is 4.83 Å². The molecule has 110 valence electrons. The van der Waals surface area contributed by atoms with Gasteiger partial charge < -0.3 is 4.74 Å². The van der Waals surface area contributed by atoms with Crippen LogP contribution in [0.2, 0.25) is 0 Å². The van der Waals surface area contributed by atoms with Crippen LogP contribution in [0.5, 0.6) is 0 Å². The smallest absolute Gasteiger partial charge is 0.276 e. The molecule has 0 aromatic heterocycles. The van der Waals surface area contributed by atoms with E-state index in [1.807, 2.05) is 20.8 Å². The molecule has 0 atom stereocenters. The fourth-order valence-corrected chi connectivity index (χ4v) is 2.92. The highest BCUT2D eigenvalue weighted by molar-refractivity contribution is 7.89. The zero-order valence-corrected chi connectivity index (χ0v) is 12.8. The molecular weight excluding hydrogens is 276 g/mol. The van der Waals surface area contributed by atoms with Gasteiger partial charge in [0.1, 0.15) is 0 Å². The predicted octanol–water partition coefficient (Wildman–Crippen LogP) is 2.22. The summed E-state index contributed by atoms with van der Waals surface area (Å²) in [4.78, 5) is 2.53. The first-order valence-corrected chi connectivity index (χ1v) is 8.05. The minimum Gasteiger partial charge on any atom is -0.375 e. The molecule has 1 saturated heterocycles. The van der Waals surface area contributed by atoms with E-state index in [1.54, 1.807) is 24.3 Å². The van der Waals surface area contributed by atoms with Crippen LogP contribution in [-0.2, 0) is 14.8 Å². The number of rotatable bonds is 3. The summed E-state index contributed by atoms with van der Waals surface area (Å²) < 4.78 is 29.8. The Balaban J connectivity index is 2.11. The van der Waals surface area contributed by atoms with Crippen molar-refractivity contribution in [2.75, 3.05) is 6.61 Å². The monoisotopic (exact) mass is 296 g/mol. The molecule has 1 aromatic rings. The van der Waals surface area contributed by atoms with Gasteiger partial charge in [0.2, 0.25) is 0 Å². The van der Waals surface area contributed by atoms with Gasteiger partial charge in [0.05, 0.1) is 17.1 Å². The highest BCUT2D eigenvalue weighted by Crippen LogP contribution is 2.21. The van der Waals surface area contributed by atoms with Gasteiger partial charge in [0.15, 0.2) is 0 Å². The first-order valence-electron chi connectivity index (χ1n) is 6.56. The molecule has 0 spiro atoms. The van der Waals surface area contributed by atoms with Crippen molar-refractivity contribution in [2.45, 2.75) is 44.1 Å². The van der Waals surface area contributed by atoms with Crippen molar-refractivity contribution in [2.24, 2.45) is 5.10 Å². The maximum Gasteiger partial charge on any atom is 0.276 e. The van der Waals surface area contributed by atoms with Crippen molar-refractivity contribution in [3.63, 3.8) is 0 Å². The van der Waals surface area contributed by atoms with E-state index in [0.29, 0.717) is 19.4 Å². The Morgan fingerprint density at radius 3 is 2.50 bits per heavy atom. The van der Waals surface area contributed by atoms with Gasteiger partial charge in [0.25, 0.3) is 10.0 Å². The Hall–Kier alpha value is -1.40. The number of nitrogens with zero attached hydrogens (tertiary/aromatic N) is 1. The summed E-state index contributed by atoms with van der Waals surface area (Å²) >= 11 is 0. The molecule has 2 rings (SSSR count). The van der Waals surface area contributed by atoms with Crippen LogP contribution in [0.3, 0.4) is 0 Å². The van der Waals surface area contributed by atoms with Crippen LogP contribution in [0, 0.1) is 6.92 Å². The second kappa shape index (κ2) is 5.54. The summed E-state index contributed by atoms with van der Waals surface area (Å²) in [5.41, 5.74) is 1.55. The lowest BCUT2D eigenvalue weighted by molar-refractivity contribution is -0.0200. The lowest BCUT2D eigenvalue weighted by Crippen LogP contribution is -2.35. The molecule has 0 aliphatic carbocycles. The maximum atomic E-state index is 12.1. The van der Waals surface area contributed by atoms with E-state index < -0.39 is 10.0 Å². The van der Waals surface area contributed by atoms with E-state index >= 15 is 0 Å². The van der Waals surface area contributed by atoms with Crippen molar-refractivity contribution in [1.82, 2.24) is 4.83 Å². The SMILES string of the molecule is Cc1ccc(S(=O)(=O)N/N=C2\CCOC(C)(C)C2)cc1. The van der Waals surface area contributed by atoms with E-state index in [1.165, 1.54) is 0 Å². The number of ether oxygens (including phenoxy) is 1. The Labute approximate surface area is 120 Å². The van der Waals surface area contributed by atoms with E-state index in [9.17, 15) is 8.42 Å². The van der Waals surface area contributed by atoms with Gasteiger partial charge >= 0.3 is 0 Å².